The van der Waals surface area contributed by atoms with Crippen molar-refractivity contribution in [2.24, 2.45) is 0 Å². The summed E-state index contributed by atoms with van der Waals surface area (Å²) in [5, 5.41) is 0.622. The average molecular weight is 472 g/mol. The van der Waals surface area contributed by atoms with Crippen LogP contribution in [0.1, 0.15) is 78.6 Å². The summed E-state index contributed by atoms with van der Waals surface area (Å²) in [6.45, 7) is 6.97. The molecule has 0 aliphatic rings. The van der Waals surface area contributed by atoms with E-state index in [9.17, 15) is 0 Å². The number of aromatic nitrogens is 2. The van der Waals surface area contributed by atoms with Gasteiger partial charge in [0.15, 0.2) is 0 Å². The van der Waals surface area contributed by atoms with Gasteiger partial charge in [0, 0.05) is 0 Å². The summed E-state index contributed by atoms with van der Waals surface area (Å²) in [5.41, 5.74) is 1.05. The summed E-state index contributed by atoms with van der Waals surface area (Å²) < 4.78 is 3.30. The Bertz CT molecular complexity index is 607. The zero-order valence-electron chi connectivity index (χ0n) is 15.2. The Kier molecular flexibility index (Phi) is 8.79. The molecule has 0 fully saturated rings. The predicted molar refractivity (Wildman–Crippen MR) is 109 cm³/mol. The van der Waals surface area contributed by atoms with E-state index in [1.54, 1.807) is 9.22 Å². The van der Waals surface area contributed by atoms with Crippen molar-refractivity contribution in [3.8, 4) is 0 Å². The molecular formula is C19H29ClN2SSn. The first-order valence-corrected chi connectivity index (χ1v) is 13.4. The number of fused-ring (bicyclic) bond motifs is 1. The normalized spacial score (nSPS) is 12.2. The number of hydrogen-bond donors (Lipinski definition) is 0. The second-order valence-electron chi connectivity index (χ2n) is 6.71. The number of rotatable bonds is 11. The number of halogens is 1. The zero-order chi connectivity index (χ0) is 17.4. The van der Waals surface area contributed by atoms with Gasteiger partial charge >= 0.3 is 167 Å². The van der Waals surface area contributed by atoms with Crippen LogP contribution in [0.5, 0.6) is 0 Å². The number of hydrogen-bond acceptors (Lipinski definition) is 3. The van der Waals surface area contributed by atoms with Crippen molar-refractivity contribution < 1.29 is 0 Å². The van der Waals surface area contributed by atoms with Crippen molar-refractivity contribution in [3.63, 3.8) is 0 Å². The summed E-state index contributed by atoms with van der Waals surface area (Å²) >= 11 is 7.45. The molecule has 2 radical (unpaired) electrons. The summed E-state index contributed by atoms with van der Waals surface area (Å²) in [5.74, 6) is 0. The topological polar surface area (TPSA) is 25.8 Å². The van der Waals surface area contributed by atoms with Gasteiger partial charge in [-0.3, -0.25) is 0 Å². The van der Waals surface area contributed by atoms with Crippen LogP contribution in [0.15, 0.2) is 12.4 Å². The van der Waals surface area contributed by atoms with Crippen LogP contribution >= 0.6 is 22.9 Å². The van der Waals surface area contributed by atoms with Gasteiger partial charge in [0.2, 0.25) is 0 Å². The molecule has 0 unspecified atom stereocenters. The standard InChI is InChI=1S/C13H27.C6H2ClN2S.Sn/c1-4-7-10-13(11-8-5-2)12-9-6-3;7-6-5-4(1-2-10-5)8-3-9-6;/h4-12H2,1-3H3;1,3H;. The van der Waals surface area contributed by atoms with Gasteiger partial charge < -0.3 is 0 Å². The van der Waals surface area contributed by atoms with Crippen LogP contribution in [0.25, 0.3) is 10.2 Å². The van der Waals surface area contributed by atoms with Crippen LogP contribution < -0.4 is 2.89 Å². The van der Waals surface area contributed by atoms with Crippen molar-refractivity contribution in [2.45, 2.75) is 82.0 Å². The molecule has 2 aromatic heterocycles. The van der Waals surface area contributed by atoms with Crippen LogP contribution in [0.3, 0.4) is 0 Å². The Morgan fingerprint density at radius 2 is 1.58 bits per heavy atom. The van der Waals surface area contributed by atoms with Gasteiger partial charge in [0.05, 0.1) is 0 Å². The Morgan fingerprint density at radius 1 is 1.00 bits per heavy atom. The van der Waals surface area contributed by atoms with E-state index in [1.165, 1.54) is 57.8 Å². The number of unbranched alkanes of at least 4 members (excludes halogenated alkanes) is 3. The second-order valence-corrected chi connectivity index (χ2v) is 14.4. The third-order valence-corrected chi connectivity index (χ3v) is 12.4. The van der Waals surface area contributed by atoms with E-state index >= 15 is 0 Å². The molecule has 0 amide bonds. The van der Waals surface area contributed by atoms with Gasteiger partial charge in [-0.25, -0.2) is 0 Å². The maximum absolute atomic E-state index is 6.27. The van der Waals surface area contributed by atoms with Crippen molar-refractivity contribution in [1.82, 2.24) is 9.97 Å². The van der Waals surface area contributed by atoms with Crippen molar-refractivity contribution in [2.75, 3.05) is 0 Å². The average Bonchev–Trinajstić information content (AvgIpc) is 3.00. The van der Waals surface area contributed by atoms with Crippen LogP contribution in [0, 0.1) is 0 Å². The number of nitrogens with zero attached hydrogens (tertiary/aromatic N) is 2. The molecule has 2 rings (SSSR count). The minimum absolute atomic E-state index is 0.617. The predicted octanol–water partition coefficient (Wildman–Crippen LogP) is 6.40. The van der Waals surface area contributed by atoms with Crippen molar-refractivity contribution in [1.29, 1.82) is 0 Å². The Hall–Kier alpha value is 0.129. The maximum atomic E-state index is 6.27. The third-order valence-electron chi connectivity index (χ3n) is 4.68. The first kappa shape index (κ1) is 20.4. The van der Waals surface area contributed by atoms with E-state index in [1.807, 2.05) is 11.3 Å². The molecule has 24 heavy (non-hydrogen) atoms. The summed E-state index contributed by atoms with van der Waals surface area (Å²) in [7, 11) is 0. The molecule has 0 atom stereocenters. The fraction of sp³-hybridized carbons (Fsp3) is 0.684. The zero-order valence-corrected chi connectivity index (χ0v) is 19.6. The molecule has 0 aliphatic heterocycles. The molecule has 132 valence electrons. The van der Waals surface area contributed by atoms with Crippen LogP contribution in [0.4, 0.5) is 0 Å². The molecule has 0 saturated carbocycles. The monoisotopic (exact) mass is 472 g/mol. The van der Waals surface area contributed by atoms with Gasteiger partial charge in [-0.2, -0.15) is 0 Å². The number of thiophene rings is 1. The Labute approximate surface area is 166 Å². The summed E-state index contributed by atoms with van der Waals surface area (Å²) in [6.07, 6.45) is 13.9. The van der Waals surface area contributed by atoms with E-state index in [4.69, 9.17) is 11.6 Å². The SMILES string of the molecule is CCCC[C](CCCC)(CCCC)[Sn][c]1cc2ncnc(Cl)c2s1. The molecule has 0 N–H and O–H groups in total. The molecule has 0 aromatic carbocycles. The summed E-state index contributed by atoms with van der Waals surface area (Å²) in [4.78, 5) is 8.57. The van der Waals surface area contributed by atoms with Crippen molar-refractivity contribution in [3.05, 3.63) is 17.5 Å². The molecule has 2 nitrogen and oxygen atoms in total. The van der Waals surface area contributed by atoms with Crippen molar-refractivity contribution >= 4 is 57.2 Å². The van der Waals surface area contributed by atoms with E-state index in [-0.39, 0.29) is 0 Å². The molecule has 0 spiro atoms. The van der Waals surface area contributed by atoms with E-state index in [2.05, 4.69) is 36.8 Å². The van der Waals surface area contributed by atoms with Gasteiger partial charge in [-0.05, 0) is 0 Å². The molecule has 2 heterocycles. The fourth-order valence-corrected chi connectivity index (χ4v) is 11.7. The molecule has 0 saturated heterocycles. The Balaban J connectivity index is 2.26. The van der Waals surface area contributed by atoms with E-state index < -0.39 is 21.1 Å². The quantitative estimate of drug-likeness (QED) is 0.280. The molecule has 0 bridgehead atoms. The molecule has 0 aliphatic carbocycles. The Morgan fingerprint density at radius 3 is 2.08 bits per heavy atom. The van der Waals surface area contributed by atoms with Crippen LogP contribution in [-0.4, -0.2) is 31.1 Å². The van der Waals surface area contributed by atoms with Crippen LogP contribution in [-0.2, 0) is 0 Å². The third kappa shape index (κ3) is 5.57. The van der Waals surface area contributed by atoms with Gasteiger partial charge in [0.1, 0.15) is 0 Å². The van der Waals surface area contributed by atoms with Crippen LogP contribution in [0.2, 0.25) is 8.58 Å². The molecule has 5 heteroatoms. The fourth-order valence-electron chi connectivity index (χ4n) is 3.26. The molecular weight excluding hydrogens is 442 g/mol. The van der Waals surface area contributed by atoms with E-state index in [0.717, 1.165) is 10.2 Å². The van der Waals surface area contributed by atoms with Gasteiger partial charge in [-0.15, -0.1) is 0 Å². The van der Waals surface area contributed by atoms with Gasteiger partial charge in [0.25, 0.3) is 0 Å². The molecule has 2 aromatic rings. The van der Waals surface area contributed by atoms with E-state index in [0.29, 0.717) is 8.58 Å². The first-order chi connectivity index (χ1) is 11.6. The second kappa shape index (κ2) is 10.3. The minimum atomic E-state index is -0.689. The first-order valence-electron chi connectivity index (χ1n) is 9.32. The van der Waals surface area contributed by atoms with Gasteiger partial charge in [-0.1, -0.05) is 0 Å². The summed E-state index contributed by atoms with van der Waals surface area (Å²) in [6, 6.07) is 2.32.